The molecule has 0 spiro atoms. The van der Waals surface area contributed by atoms with E-state index >= 15 is 0 Å². The van der Waals surface area contributed by atoms with Crippen LogP contribution in [0.25, 0.3) is 10.9 Å². The lowest BCUT2D eigenvalue weighted by Crippen LogP contribution is -2.26. The van der Waals surface area contributed by atoms with Crippen molar-refractivity contribution in [2.45, 2.75) is 11.3 Å². The summed E-state index contributed by atoms with van der Waals surface area (Å²) in [6.45, 7) is 0.284. The molecule has 0 saturated heterocycles. The van der Waals surface area contributed by atoms with Gasteiger partial charge in [-0.1, -0.05) is 36.4 Å². The van der Waals surface area contributed by atoms with Crippen LogP contribution < -0.4 is 9.46 Å². The number of hydrogen-bond acceptors (Lipinski definition) is 4. The van der Waals surface area contributed by atoms with Gasteiger partial charge in [-0.3, -0.25) is 4.98 Å². The molecule has 24 heavy (non-hydrogen) atoms. The SMILES string of the molecule is COc1ccccc1CCNS(=O)(=O)c1cccc2cccnc12. The fourth-order valence-electron chi connectivity index (χ4n) is 2.60. The Labute approximate surface area is 141 Å². The van der Waals surface area contributed by atoms with E-state index in [1.807, 2.05) is 36.4 Å². The summed E-state index contributed by atoms with van der Waals surface area (Å²) in [4.78, 5) is 4.40. The van der Waals surface area contributed by atoms with Gasteiger partial charge in [0.25, 0.3) is 0 Å². The average Bonchev–Trinajstić information content (AvgIpc) is 2.61. The average molecular weight is 342 g/mol. The van der Waals surface area contributed by atoms with Crippen LogP contribution in [-0.2, 0) is 16.4 Å². The minimum atomic E-state index is -3.63. The minimum absolute atomic E-state index is 0.195. The maximum atomic E-state index is 12.6. The number of rotatable bonds is 6. The Morgan fingerprint density at radius 2 is 1.83 bits per heavy atom. The maximum absolute atomic E-state index is 12.6. The largest absolute Gasteiger partial charge is 0.496 e. The van der Waals surface area contributed by atoms with E-state index in [9.17, 15) is 8.42 Å². The van der Waals surface area contributed by atoms with Crippen molar-refractivity contribution in [2.75, 3.05) is 13.7 Å². The summed E-state index contributed by atoms with van der Waals surface area (Å²) in [5.41, 5.74) is 1.43. The molecule has 0 radical (unpaired) electrons. The molecule has 0 amide bonds. The zero-order valence-electron chi connectivity index (χ0n) is 13.3. The quantitative estimate of drug-likeness (QED) is 0.748. The van der Waals surface area contributed by atoms with Gasteiger partial charge in [0.15, 0.2) is 0 Å². The molecule has 0 saturated carbocycles. The van der Waals surface area contributed by atoms with E-state index < -0.39 is 10.0 Å². The van der Waals surface area contributed by atoms with Crippen LogP contribution in [-0.4, -0.2) is 27.1 Å². The van der Waals surface area contributed by atoms with Crippen molar-refractivity contribution >= 4 is 20.9 Å². The van der Waals surface area contributed by atoms with Crippen LogP contribution in [0, 0.1) is 0 Å². The Morgan fingerprint density at radius 3 is 2.67 bits per heavy atom. The molecule has 5 nitrogen and oxygen atoms in total. The molecule has 3 aromatic rings. The molecule has 124 valence electrons. The van der Waals surface area contributed by atoms with Gasteiger partial charge in [0, 0.05) is 18.1 Å². The third-order valence-corrected chi connectivity index (χ3v) is 5.26. The van der Waals surface area contributed by atoms with Gasteiger partial charge in [-0.25, -0.2) is 13.1 Å². The van der Waals surface area contributed by atoms with Gasteiger partial charge < -0.3 is 4.74 Å². The van der Waals surface area contributed by atoms with E-state index in [4.69, 9.17) is 4.74 Å². The van der Waals surface area contributed by atoms with Gasteiger partial charge in [0.1, 0.15) is 10.6 Å². The molecule has 3 rings (SSSR count). The Balaban J connectivity index is 1.79. The van der Waals surface area contributed by atoms with E-state index in [1.54, 1.807) is 31.5 Å². The number of fused-ring (bicyclic) bond motifs is 1. The van der Waals surface area contributed by atoms with E-state index in [1.165, 1.54) is 0 Å². The molecule has 0 unspecified atom stereocenters. The molecule has 0 aliphatic carbocycles. The zero-order valence-corrected chi connectivity index (χ0v) is 14.1. The number of methoxy groups -OCH3 is 1. The van der Waals surface area contributed by atoms with Crippen molar-refractivity contribution in [2.24, 2.45) is 0 Å². The van der Waals surface area contributed by atoms with Crippen molar-refractivity contribution < 1.29 is 13.2 Å². The summed E-state index contributed by atoms with van der Waals surface area (Å²) >= 11 is 0. The van der Waals surface area contributed by atoms with Gasteiger partial charge in [0.05, 0.1) is 12.6 Å². The normalized spacial score (nSPS) is 11.5. The van der Waals surface area contributed by atoms with Crippen LogP contribution >= 0.6 is 0 Å². The molecule has 1 aromatic heterocycles. The van der Waals surface area contributed by atoms with E-state index in [0.29, 0.717) is 11.9 Å². The van der Waals surface area contributed by atoms with Gasteiger partial charge in [-0.05, 0) is 30.2 Å². The second kappa shape index (κ2) is 6.98. The second-order valence-corrected chi connectivity index (χ2v) is 7.03. The summed E-state index contributed by atoms with van der Waals surface area (Å²) in [6.07, 6.45) is 2.14. The summed E-state index contributed by atoms with van der Waals surface area (Å²) in [5, 5.41) is 0.796. The van der Waals surface area contributed by atoms with Crippen LogP contribution in [0.1, 0.15) is 5.56 Å². The Morgan fingerprint density at radius 1 is 1.04 bits per heavy atom. The predicted octanol–water partition coefficient (Wildman–Crippen LogP) is 2.76. The lowest BCUT2D eigenvalue weighted by Gasteiger charge is -2.10. The monoisotopic (exact) mass is 342 g/mol. The van der Waals surface area contributed by atoms with E-state index in [2.05, 4.69) is 9.71 Å². The number of para-hydroxylation sites is 2. The highest BCUT2D eigenvalue weighted by Gasteiger charge is 2.17. The minimum Gasteiger partial charge on any atom is -0.496 e. The zero-order chi connectivity index (χ0) is 17.0. The van der Waals surface area contributed by atoms with Gasteiger partial charge in [-0.2, -0.15) is 0 Å². The van der Waals surface area contributed by atoms with E-state index in [0.717, 1.165) is 16.7 Å². The predicted molar refractivity (Wildman–Crippen MR) is 93.6 cm³/mol. The maximum Gasteiger partial charge on any atom is 0.242 e. The molecule has 1 heterocycles. The lowest BCUT2D eigenvalue weighted by atomic mass is 10.1. The first kappa shape index (κ1) is 16.4. The number of hydrogen-bond donors (Lipinski definition) is 1. The first-order valence-electron chi connectivity index (χ1n) is 7.57. The van der Waals surface area contributed by atoms with Crippen LogP contribution in [0.5, 0.6) is 5.75 Å². The summed E-state index contributed by atoms with van der Waals surface area (Å²) in [5.74, 6) is 0.753. The molecule has 0 aliphatic rings. The fraction of sp³-hybridized carbons (Fsp3) is 0.167. The van der Waals surface area contributed by atoms with Gasteiger partial charge >= 0.3 is 0 Å². The molecular weight excluding hydrogens is 324 g/mol. The number of sulfonamides is 1. The van der Waals surface area contributed by atoms with Crippen molar-refractivity contribution in [1.82, 2.24) is 9.71 Å². The lowest BCUT2D eigenvalue weighted by molar-refractivity contribution is 0.409. The number of ether oxygens (including phenoxy) is 1. The topological polar surface area (TPSA) is 68.3 Å². The summed E-state index contributed by atoms with van der Waals surface area (Å²) in [7, 11) is -2.03. The molecular formula is C18H18N2O3S. The first-order chi connectivity index (χ1) is 11.6. The number of pyridine rings is 1. The highest BCUT2D eigenvalue weighted by Crippen LogP contribution is 2.21. The molecule has 0 fully saturated rings. The van der Waals surface area contributed by atoms with Crippen molar-refractivity contribution in [3.63, 3.8) is 0 Å². The van der Waals surface area contributed by atoms with Crippen LogP contribution in [0.3, 0.4) is 0 Å². The Bertz CT molecular complexity index is 950. The van der Waals surface area contributed by atoms with E-state index in [-0.39, 0.29) is 11.4 Å². The molecule has 0 aliphatic heterocycles. The molecule has 6 heteroatoms. The third-order valence-electron chi connectivity index (χ3n) is 3.76. The number of aromatic nitrogens is 1. The number of nitrogens with one attached hydrogen (secondary N) is 1. The highest BCUT2D eigenvalue weighted by molar-refractivity contribution is 7.89. The van der Waals surface area contributed by atoms with Crippen LogP contribution in [0.15, 0.2) is 65.7 Å². The van der Waals surface area contributed by atoms with Crippen LogP contribution in [0.4, 0.5) is 0 Å². The Kier molecular flexibility index (Phi) is 4.78. The van der Waals surface area contributed by atoms with Gasteiger partial charge in [-0.15, -0.1) is 0 Å². The standard InChI is InChI=1S/C18H18N2O3S/c1-23-16-9-3-2-6-14(16)11-13-20-24(21,22)17-10-4-7-15-8-5-12-19-18(15)17/h2-10,12,20H,11,13H2,1H3. The smallest absolute Gasteiger partial charge is 0.242 e. The summed E-state index contributed by atoms with van der Waals surface area (Å²) in [6, 6.07) is 16.3. The first-order valence-corrected chi connectivity index (χ1v) is 9.05. The Hall–Kier alpha value is -2.44. The molecule has 0 bridgehead atoms. The summed E-state index contributed by atoms with van der Waals surface area (Å²) < 4.78 is 33.1. The van der Waals surface area contributed by atoms with Crippen LogP contribution in [0.2, 0.25) is 0 Å². The number of nitrogens with zero attached hydrogens (tertiary/aromatic N) is 1. The molecule has 0 atom stereocenters. The van der Waals surface area contributed by atoms with Crippen molar-refractivity contribution in [1.29, 1.82) is 0 Å². The fourth-order valence-corrected chi connectivity index (χ4v) is 3.81. The van der Waals surface area contributed by atoms with Crippen molar-refractivity contribution in [3.05, 3.63) is 66.4 Å². The third kappa shape index (κ3) is 3.39. The van der Waals surface area contributed by atoms with Gasteiger partial charge in [0.2, 0.25) is 10.0 Å². The number of benzene rings is 2. The molecule has 2 aromatic carbocycles. The second-order valence-electron chi connectivity index (χ2n) is 5.29. The van der Waals surface area contributed by atoms with Crippen molar-refractivity contribution in [3.8, 4) is 5.75 Å². The highest BCUT2D eigenvalue weighted by atomic mass is 32.2. The molecule has 1 N–H and O–H groups in total.